The number of sulfone groups is 1. The summed E-state index contributed by atoms with van der Waals surface area (Å²) in [5.74, 6) is -0.124. The number of aromatic nitrogens is 2. The standard InChI is InChI=1S/C20H26N4O5S/c1-29-17-8-6-15(7-9-17)22-20(26)14-24-13-16(12-21-24)23-19(25)10-11-30(27,28)18-4-2-3-5-18/h6-9,12-13,18H,2-5,10-11,14H2,1H3,(H,22,26)(H,23,25). The minimum Gasteiger partial charge on any atom is -0.497 e. The fourth-order valence-electron chi connectivity index (χ4n) is 3.41. The quantitative estimate of drug-likeness (QED) is 0.625. The topological polar surface area (TPSA) is 119 Å². The molecule has 162 valence electrons. The molecule has 1 aliphatic rings. The van der Waals surface area contributed by atoms with Crippen LogP contribution >= 0.6 is 0 Å². The van der Waals surface area contributed by atoms with E-state index in [4.69, 9.17) is 4.74 Å². The number of amides is 2. The summed E-state index contributed by atoms with van der Waals surface area (Å²) in [5.41, 5.74) is 1.04. The zero-order valence-corrected chi connectivity index (χ0v) is 17.7. The van der Waals surface area contributed by atoms with Crippen molar-refractivity contribution in [3.63, 3.8) is 0 Å². The Balaban J connectivity index is 1.45. The minimum atomic E-state index is -3.23. The predicted octanol–water partition coefficient (Wildman–Crippen LogP) is 2.22. The second kappa shape index (κ2) is 9.75. The first kappa shape index (κ1) is 21.8. The monoisotopic (exact) mass is 434 g/mol. The van der Waals surface area contributed by atoms with Crippen molar-refractivity contribution in [3.8, 4) is 5.75 Å². The van der Waals surface area contributed by atoms with Gasteiger partial charge in [0.2, 0.25) is 11.8 Å². The Hall–Kier alpha value is -2.88. The van der Waals surface area contributed by atoms with Crippen LogP contribution in [-0.2, 0) is 26.0 Å². The fraction of sp³-hybridized carbons (Fsp3) is 0.450. The summed E-state index contributed by atoms with van der Waals surface area (Å²) < 4.78 is 31.0. The number of nitrogens with zero attached hydrogens (tertiary/aromatic N) is 2. The molecular formula is C20H26N4O5S. The molecule has 30 heavy (non-hydrogen) atoms. The van der Waals surface area contributed by atoms with E-state index in [0.29, 0.717) is 30.0 Å². The van der Waals surface area contributed by atoms with E-state index in [1.807, 2.05) is 0 Å². The molecule has 0 atom stereocenters. The van der Waals surface area contributed by atoms with Crippen LogP contribution in [0.5, 0.6) is 5.75 Å². The predicted molar refractivity (Wildman–Crippen MR) is 113 cm³/mol. The number of benzene rings is 1. The van der Waals surface area contributed by atoms with Crippen LogP contribution in [-0.4, -0.2) is 48.1 Å². The Bertz CT molecular complexity index is 979. The molecule has 1 aliphatic carbocycles. The van der Waals surface area contributed by atoms with Crippen LogP contribution in [0.1, 0.15) is 32.1 Å². The average molecular weight is 435 g/mol. The molecule has 0 radical (unpaired) electrons. The zero-order chi connectivity index (χ0) is 21.6. The molecule has 1 saturated carbocycles. The SMILES string of the molecule is COc1ccc(NC(=O)Cn2cc(NC(=O)CCS(=O)(=O)C3CCCC3)cn2)cc1. The van der Waals surface area contributed by atoms with E-state index < -0.39 is 9.84 Å². The van der Waals surface area contributed by atoms with E-state index in [1.165, 1.54) is 17.1 Å². The first-order chi connectivity index (χ1) is 14.4. The van der Waals surface area contributed by atoms with Crippen LogP contribution in [0.15, 0.2) is 36.7 Å². The van der Waals surface area contributed by atoms with Crippen LogP contribution in [0, 0.1) is 0 Å². The number of hydrogen-bond donors (Lipinski definition) is 2. The maximum Gasteiger partial charge on any atom is 0.246 e. The molecule has 1 aromatic carbocycles. The molecule has 2 amide bonds. The van der Waals surface area contributed by atoms with Gasteiger partial charge in [0.1, 0.15) is 12.3 Å². The molecule has 1 aromatic heterocycles. The van der Waals surface area contributed by atoms with Gasteiger partial charge >= 0.3 is 0 Å². The van der Waals surface area contributed by atoms with Gasteiger partial charge in [-0.1, -0.05) is 12.8 Å². The number of methoxy groups -OCH3 is 1. The minimum absolute atomic E-state index is 0.0298. The summed E-state index contributed by atoms with van der Waals surface area (Å²) in [6.45, 7) is -0.0298. The van der Waals surface area contributed by atoms with Gasteiger partial charge in [-0.15, -0.1) is 0 Å². The van der Waals surface area contributed by atoms with Crippen LogP contribution in [0.4, 0.5) is 11.4 Å². The number of hydrogen-bond acceptors (Lipinski definition) is 6. The van der Waals surface area contributed by atoms with E-state index in [1.54, 1.807) is 31.4 Å². The highest BCUT2D eigenvalue weighted by Crippen LogP contribution is 2.25. The molecular weight excluding hydrogens is 408 g/mol. The Morgan fingerprint density at radius 1 is 1.10 bits per heavy atom. The van der Waals surface area contributed by atoms with Crippen molar-refractivity contribution in [1.82, 2.24) is 9.78 Å². The van der Waals surface area contributed by atoms with Crippen LogP contribution in [0.3, 0.4) is 0 Å². The van der Waals surface area contributed by atoms with E-state index in [0.717, 1.165) is 12.8 Å². The highest BCUT2D eigenvalue weighted by molar-refractivity contribution is 7.92. The Morgan fingerprint density at radius 2 is 1.77 bits per heavy atom. The van der Waals surface area contributed by atoms with Gasteiger partial charge in [0.05, 0.1) is 30.0 Å². The number of anilines is 2. The van der Waals surface area contributed by atoms with Gasteiger partial charge in [-0.25, -0.2) is 8.42 Å². The number of nitrogens with one attached hydrogen (secondary N) is 2. The second-order valence-corrected chi connectivity index (χ2v) is 9.68. The maximum atomic E-state index is 12.3. The normalized spacial score (nSPS) is 14.4. The molecule has 2 aromatic rings. The van der Waals surface area contributed by atoms with Crippen molar-refractivity contribution in [1.29, 1.82) is 0 Å². The first-order valence-corrected chi connectivity index (χ1v) is 11.5. The lowest BCUT2D eigenvalue weighted by Gasteiger charge is -2.10. The first-order valence-electron chi connectivity index (χ1n) is 9.83. The van der Waals surface area contributed by atoms with Crippen molar-refractivity contribution < 1.29 is 22.7 Å². The van der Waals surface area contributed by atoms with Gasteiger partial charge in [0, 0.05) is 18.3 Å². The van der Waals surface area contributed by atoms with E-state index in [-0.39, 0.29) is 35.8 Å². The lowest BCUT2D eigenvalue weighted by Crippen LogP contribution is -2.24. The van der Waals surface area contributed by atoms with E-state index in [9.17, 15) is 18.0 Å². The molecule has 3 rings (SSSR count). The lowest BCUT2D eigenvalue weighted by molar-refractivity contribution is -0.117. The Labute approximate surface area is 175 Å². The zero-order valence-electron chi connectivity index (χ0n) is 16.8. The van der Waals surface area contributed by atoms with Gasteiger partial charge < -0.3 is 15.4 Å². The van der Waals surface area contributed by atoms with E-state index in [2.05, 4.69) is 15.7 Å². The van der Waals surface area contributed by atoms with Crippen LogP contribution < -0.4 is 15.4 Å². The summed E-state index contributed by atoms with van der Waals surface area (Å²) >= 11 is 0. The number of rotatable bonds is 9. The Kier molecular flexibility index (Phi) is 7.09. The second-order valence-electron chi connectivity index (χ2n) is 7.27. The number of carbonyl (C=O) groups excluding carboxylic acids is 2. The summed E-state index contributed by atoms with van der Waals surface area (Å²) in [6.07, 6.45) is 6.09. The largest absolute Gasteiger partial charge is 0.497 e. The molecule has 1 fully saturated rings. The van der Waals surface area contributed by atoms with E-state index >= 15 is 0 Å². The third-order valence-electron chi connectivity index (χ3n) is 5.02. The molecule has 0 bridgehead atoms. The summed E-state index contributed by atoms with van der Waals surface area (Å²) in [6, 6.07) is 6.93. The smallest absolute Gasteiger partial charge is 0.246 e. The summed E-state index contributed by atoms with van der Waals surface area (Å²) in [5, 5.41) is 9.12. The lowest BCUT2D eigenvalue weighted by atomic mass is 10.3. The number of ether oxygens (including phenoxy) is 1. The van der Waals surface area contributed by atoms with Crippen molar-refractivity contribution in [2.45, 2.75) is 43.9 Å². The van der Waals surface area contributed by atoms with Gasteiger partial charge in [0.25, 0.3) is 0 Å². The number of carbonyl (C=O) groups is 2. The molecule has 0 spiro atoms. The third kappa shape index (κ3) is 6.06. The van der Waals surface area contributed by atoms with Gasteiger partial charge in [-0.05, 0) is 37.1 Å². The highest BCUT2D eigenvalue weighted by Gasteiger charge is 2.28. The maximum absolute atomic E-state index is 12.3. The summed E-state index contributed by atoms with van der Waals surface area (Å²) in [7, 11) is -1.67. The summed E-state index contributed by atoms with van der Waals surface area (Å²) in [4.78, 5) is 24.2. The average Bonchev–Trinajstić information content (AvgIpc) is 3.40. The van der Waals surface area contributed by atoms with Crippen molar-refractivity contribution in [2.24, 2.45) is 0 Å². The van der Waals surface area contributed by atoms with Crippen molar-refractivity contribution in [3.05, 3.63) is 36.7 Å². The molecule has 0 unspecified atom stereocenters. The van der Waals surface area contributed by atoms with Crippen molar-refractivity contribution in [2.75, 3.05) is 23.5 Å². The molecule has 9 nitrogen and oxygen atoms in total. The molecule has 0 aliphatic heterocycles. The highest BCUT2D eigenvalue weighted by atomic mass is 32.2. The van der Waals surface area contributed by atoms with Gasteiger partial charge in [-0.2, -0.15) is 5.10 Å². The Morgan fingerprint density at radius 3 is 2.43 bits per heavy atom. The molecule has 1 heterocycles. The molecule has 2 N–H and O–H groups in total. The fourth-order valence-corrected chi connectivity index (χ4v) is 5.26. The van der Waals surface area contributed by atoms with Gasteiger partial charge in [-0.3, -0.25) is 14.3 Å². The third-order valence-corrected chi connectivity index (χ3v) is 7.28. The van der Waals surface area contributed by atoms with Gasteiger partial charge in [0.15, 0.2) is 9.84 Å². The van der Waals surface area contributed by atoms with Crippen molar-refractivity contribution >= 4 is 33.0 Å². The van der Waals surface area contributed by atoms with Crippen LogP contribution in [0.25, 0.3) is 0 Å². The van der Waals surface area contributed by atoms with Crippen LogP contribution in [0.2, 0.25) is 0 Å². The molecule has 10 heteroatoms. The molecule has 0 saturated heterocycles.